The monoisotopic (exact) mass is 699 g/mol. The van der Waals surface area contributed by atoms with Crippen LogP contribution in [0.1, 0.15) is 5.56 Å². The summed E-state index contributed by atoms with van der Waals surface area (Å²) in [4.78, 5) is 4.03. The summed E-state index contributed by atoms with van der Waals surface area (Å²) >= 11 is 0. The fraction of sp³-hybridized carbons (Fsp3) is 0. The molecule has 0 spiro atoms. The maximum atomic E-state index is 10.2. The van der Waals surface area contributed by atoms with Crippen molar-refractivity contribution in [3.05, 3.63) is 193 Å². The third-order valence-corrected chi connectivity index (χ3v) is 11.0. The van der Waals surface area contributed by atoms with Gasteiger partial charge in [-0.25, -0.2) is 4.85 Å². The Balaban J connectivity index is 1.40. The van der Waals surface area contributed by atoms with Crippen LogP contribution >= 0.6 is 0 Å². The standard InChI is InChI=1S/C50H29N5/c1-52-43-26-24-32(31-51)28-40(43)42-30-35(54-44-21-11-8-18-36(44)37-19-9-12-22-45(37)54)29-41-38-25-27-47-48(50(38)55(49(41)42)34-16-6-3-7-17-34)39-20-10-13-23-46(39)53(47)33-14-4-2-5-15-33/h2-30H. The highest BCUT2D eigenvalue weighted by molar-refractivity contribution is 6.28. The van der Waals surface area contributed by atoms with E-state index in [0.717, 1.165) is 82.8 Å². The number of aromatic nitrogens is 3. The second-order valence-electron chi connectivity index (χ2n) is 13.9. The lowest BCUT2D eigenvalue weighted by molar-refractivity contribution is 1.17. The van der Waals surface area contributed by atoms with Crippen LogP contribution in [0.15, 0.2) is 176 Å². The lowest BCUT2D eigenvalue weighted by Crippen LogP contribution is -1.99. The molecule has 0 bridgehead atoms. The first-order chi connectivity index (χ1) is 27.2. The Hall–Kier alpha value is -7.86. The van der Waals surface area contributed by atoms with Crippen molar-refractivity contribution in [2.45, 2.75) is 0 Å². The molecule has 5 nitrogen and oxygen atoms in total. The third kappa shape index (κ3) is 4.39. The third-order valence-electron chi connectivity index (χ3n) is 11.0. The lowest BCUT2D eigenvalue weighted by Gasteiger charge is -2.16. The van der Waals surface area contributed by atoms with Gasteiger partial charge in [-0.2, -0.15) is 5.26 Å². The largest absolute Gasteiger partial charge is 0.309 e. The molecule has 0 radical (unpaired) electrons. The van der Waals surface area contributed by atoms with Gasteiger partial charge >= 0.3 is 0 Å². The zero-order valence-corrected chi connectivity index (χ0v) is 29.5. The van der Waals surface area contributed by atoms with E-state index in [9.17, 15) is 5.26 Å². The molecule has 8 aromatic carbocycles. The predicted molar refractivity (Wildman–Crippen MR) is 226 cm³/mol. The van der Waals surface area contributed by atoms with Gasteiger partial charge in [0.05, 0.1) is 51.3 Å². The average Bonchev–Trinajstić information content (AvgIpc) is 3.89. The van der Waals surface area contributed by atoms with Crippen LogP contribution in [-0.4, -0.2) is 13.7 Å². The zero-order valence-electron chi connectivity index (χ0n) is 29.5. The smallest absolute Gasteiger partial charge is 0.195 e. The van der Waals surface area contributed by atoms with E-state index in [1.807, 2.05) is 12.1 Å². The zero-order chi connectivity index (χ0) is 36.6. The molecule has 11 aromatic rings. The Kier molecular flexibility index (Phi) is 6.61. The van der Waals surface area contributed by atoms with Crippen molar-refractivity contribution in [1.29, 1.82) is 5.26 Å². The molecule has 5 heteroatoms. The van der Waals surface area contributed by atoms with Crippen molar-refractivity contribution in [2.75, 3.05) is 0 Å². The highest BCUT2D eigenvalue weighted by Crippen LogP contribution is 2.47. The summed E-state index contributed by atoms with van der Waals surface area (Å²) in [6.07, 6.45) is 0. The van der Waals surface area contributed by atoms with Crippen LogP contribution in [0.5, 0.6) is 0 Å². The van der Waals surface area contributed by atoms with Gasteiger partial charge in [0.15, 0.2) is 5.69 Å². The van der Waals surface area contributed by atoms with Crippen LogP contribution in [-0.2, 0) is 0 Å². The molecule has 254 valence electrons. The normalized spacial score (nSPS) is 11.6. The second-order valence-corrected chi connectivity index (χ2v) is 13.9. The van der Waals surface area contributed by atoms with Crippen molar-refractivity contribution >= 4 is 71.1 Å². The minimum absolute atomic E-state index is 0.496. The average molecular weight is 700 g/mol. The van der Waals surface area contributed by atoms with E-state index in [2.05, 4.69) is 176 Å². The fourth-order valence-electron chi connectivity index (χ4n) is 8.81. The molecule has 0 saturated carbocycles. The quantitative estimate of drug-likeness (QED) is 0.169. The van der Waals surface area contributed by atoms with Crippen LogP contribution < -0.4 is 0 Å². The van der Waals surface area contributed by atoms with Gasteiger partial charge < -0.3 is 13.7 Å². The molecule has 0 aliphatic carbocycles. The summed E-state index contributed by atoms with van der Waals surface area (Å²) in [6, 6.07) is 63.6. The molecule has 3 heterocycles. The molecule has 0 amide bonds. The van der Waals surface area contributed by atoms with E-state index in [4.69, 9.17) is 6.57 Å². The van der Waals surface area contributed by atoms with Crippen LogP contribution in [0, 0.1) is 17.9 Å². The Labute approximate surface area is 316 Å². The van der Waals surface area contributed by atoms with Gasteiger partial charge in [-0.1, -0.05) is 109 Å². The predicted octanol–water partition coefficient (Wildman–Crippen LogP) is 13.1. The van der Waals surface area contributed by atoms with Crippen LogP contribution in [0.4, 0.5) is 5.69 Å². The molecule has 0 unspecified atom stereocenters. The highest BCUT2D eigenvalue weighted by Gasteiger charge is 2.25. The number of rotatable bonds is 4. The number of hydrogen-bond donors (Lipinski definition) is 0. The summed E-state index contributed by atoms with van der Waals surface area (Å²) < 4.78 is 7.08. The van der Waals surface area contributed by atoms with Gasteiger partial charge in [-0.05, 0) is 77.9 Å². The minimum atomic E-state index is 0.496. The Bertz CT molecular complexity index is 3390. The summed E-state index contributed by atoms with van der Waals surface area (Å²) in [7, 11) is 0. The summed E-state index contributed by atoms with van der Waals surface area (Å²) in [5.41, 5.74) is 12.2. The maximum Gasteiger partial charge on any atom is 0.195 e. The molecule has 0 fully saturated rings. The number of benzene rings is 8. The van der Waals surface area contributed by atoms with Gasteiger partial charge in [-0.3, -0.25) is 0 Å². The molecule has 0 N–H and O–H groups in total. The van der Waals surface area contributed by atoms with E-state index in [-0.39, 0.29) is 0 Å². The topological polar surface area (TPSA) is 42.9 Å². The number of nitriles is 1. The lowest BCUT2D eigenvalue weighted by atomic mass is 9.97. The Morgan fingerprint density at radius 3 is 1.62 bits per heavy atom. The molecule has 55 heavy (non-hydrogen) atoms. The summed E-state index contributed by atoms with van der Waals surface area (Å²) in [5.74, 6) is 0. The molecular weight excluding hydrogens is 671 g/mol. The minimum Gasteiger partial charge on any atom is -0.309 e. The number of fused-ring (bicyclic) bond motifs is 10. The SMILES string of the molecule is [C-]#[N+]c1ccc(C#N)cc1-c1cc(-n2c3ccccc3c3ccccc32)cc2c3ccc4c(c5ccccc5n4-c4ccccc4)c3n(-c3ccccc3)c12. The molecule has 3 aromatic heterocycles. The summed E-state index contributed by atoms with van der Waals surface area (Å²) in [6.45, 7) is 8.31. The number of nitrogens with zero attached hydrogens (tertiary/aromatic N) is 5. The van der Waals surface area contributed by atoms with Gasteiger partial charge in [0.2, 0.25) is 0 Å². The molecule has 0 atom stereocenters. The molecular formula is C50H29N5. The van der Waals surface area contributed by atoms with Crippen molar-refractivity contribution in [3.8, 4) is 34.3 Å². The molecule has 0 aliphatic heterocycles. The van der Waals surface area contributed by atoms with E-state index in [1.54, 1.807) is 12.1 Å². The first kappa shape index (κ1) is 30.7. The number of para-hydroxylation sites is 5. The first-order valence-electron chi connectivity index (χ1n) is 18.3. The molecule has 11 rings (SSSR count). The van der Waals surface area contributed by atoms with Crippen LogP contribution in [0.2, 0.25) is 0 Å². The van der Waals surface area contributed by atoms with Crippen LogP contribution in [0.3, 0.4) is 0 Å². The van der Waals surface area contributed by atoms with Gasteiger partial charge in [0.25, 0.3) is 0 Å². The molecule has 0 saturated heterocycles. The van der Waals surface area contributed by atoms with Gasteiger partial charge in [0, 0.05) is 49.4 Å². The second kappa shape index (κ2) is 11.8. The maximum absolute atomic E-state index is 10.2. The summed E-state index contributed by atoms with van der Waals surface area (Å²) in [5, 5.41) is 17.0. The first-order valence-corrected chi connectivity index (χ1v) is 18.3. The van der Waals surface area contributed by atoms with Crippen molar-refractivity contribution in [3.63, 3.8) is 0 Å². The fourth-order valence-corrected chi connectivity index (χ4v) is 8.81. The van der Waals surface area contributed by atoms with E-state index in [1.165, 1.54) is 10.8 Å². The van der Waals surface area contributed by atoms with E-state index < -0.39 is 0 Å². The molecule has 0 aliphatic rings. The van der Waals surface area contributed by atoms with Crippen LogP contribution in [0.25, 0.3) is 98.5 Å². The van der Waals surface area contributed by atoms with Gasteiger partial charge in [0.1, 0.15) is 0 Å². The van der Waals surface area contributed by atoms with Crippen molar-refractivity contribution in [1.82, 2.24) is 13.7 Å². The van der Waals surface area contributed by atoms with Gasteiger partial charge in [-0.15, -0.1) is 0 Å². The number of hydrogen-bond acceptors (Lipinski definition) is 1. The Morgan fingerprint density at radius 1 is 0.418 bits per heavy atom. The van der Waals surface area contributed by atoms with Crippen molar-refractivity contribution < 1.29 is 0 Å². The van der Waals surface area contributed by atoms with E-state index >= 15 is 0 Å². The Morgan fingerprint density at radius 2 is 0.982 bits per heavy atom. The van der Waals surface area contributed by atoms with Crippen molar-refractivity contribution in [2.24, 2.45) is 0 Å². The highest BCUT2D eigenvalue weighted by atomic mass is 15.0. The van der Waals surface area contributed by atoms with E-state index in [0.29, 0.717) is 11.3 Å².